The average molecular weight is 704 g/mol. The molecule has 3 aromatic rings. The predicted molar refractivity (Wildman–Crippen MR) is 148 cm³/mol. The third kappa shape index (κ3) is 9.81. The molecule has 0 fully saturated rings. The number of nitro benzene ring substituents is 9. The van der Waals surface area contributed by atoms with Crippen LogP contribution in [-0.4, -0.2) is 54.5 Å². The Hall–Kier alpha value is -8.38. The van der Waals surface area contributed by atoms with Gasteiger partial charge in [0.1, 0.15) is 0 Å². The van der Waals surface area contributed by atoms with Gasteiger partial charge in [0.25, 0.3) is 39.9 Å². The molecule has 31 nitrogen and oxygen atoms in total. The zero-order valence-electron chi connectivity index (χ0n) is 23.1. The second kappa shape index (κ2) is 16.1. The summed E-state index contributed by atoms with van der Waals surface area (Å²) in [6.45, 7) is 0. The lowest BCUT2D eigenvalue weighted by Gasteiger charge is -2.06. The molecule has 0 aliphatic carbocycles. The number of phenolic OH excluding ortho intramolecular Hbond substituents is 2. The number of quaternary nitrogens is 1. The van der Waals surface area contributed by atoms with Crippen LogP contribution in [0.2, 0.25) is 0 Å². The lowest BCUT2D eigenvalue weighted by Crippen LogP contribution is -2.04. The van der Waals surface area contributed by atoms with Gasteiger partial charge in [-0.2, -0.15) is 0 Å². The van der Waals surface area contributed by atoms with E-state index in [1.807, 2.05) is 0 Å². The molecule has 0 bridgehead atoms. The Morgan fingerprint density at radius 3 is 0.653 bits per heavy atom. The van der Waals surface area contributed by atoms with Crippen molar-refractivity contribution >= 4 is 51.2 Å². The molecule has 0 saturated carbocycles. The van der Waals surface area contributed by atoms with E-state index in [2.05, 4.69) is 0 Å². The minimum atomic E-state index is -1.46. The van der Waals surface area contributed by atoms with Crippen molar-refractivity contribution in [3.63, 3.8) is 0 Å². The lowest BCUT2D eigenvalue weighted by molar-refractivity contribution is -0.420. The molecule has 3 aromatic carbocycles. The minimum Gasteiger partial charge on any atom is -0.863 e. The first-order valence-corrected chi connectivity index (χ1v) is 10.9. The van der Waals surface area contributed by atoms with Crippen molar-refractivity contribution in [1.82, 2.24) is 6.15 Å². The van der Waals surface area contributed by atoms with Gasteiger partial charge in [0.2, 0.25) is 0 Å². The molecule has 6 N–H and O–H groups in total. The highest BCUT2D eigenvalue weighted by Crippen LogP contribution is 2.40. The summed E-state index contributed by atoms with van der Waals surface area (Å²) in [4.78, 5) is 83.1. The molecule has 0 aliphatic rings. The summed E-state index contributed by atoms with van der Waals surface area (Å²) in [6, 6.07) is 2.56. The molecular formula is C18H12N10O21. The van der Waals surface area contributed by atoms with E-state index < -0.39 is 113 Å². The number of hydrogen-bond acceptors (Lipinski definition) is 21. The molecule has 0 aromatic heterocycles. The molecule has 0 saturated heterocycles. The van der Waals surface area contributed by atoms with Crippen LogP contribution >= 0.6 is 0 Å². The van der Waals surface area contributed by atoms with Crippen molar-refractivity contribution in [1.29, 1.82) is 0 Å². The first kappa shape index (κ1) is 40.6. The molecule has 49 heavy (non-hydrogen) atoms. The average Bonchev–Trinajstić information content (AvgIpc) is 2.96. The lowest BCUT2D eigenvalue weighted by atomic mass is 10.2. The van der Waals surface area contributed by atoms with Crippen LogP contribution in [0.4, 0.5) is 51.2 Å². The van der Waals surface area contributed by atoms with Gasteiger partial charge in [0.05, 0.1) is 86.5 Å². The summed E-state index contributed by atoms with van der Waals surface area (Å²) in [6.07, 6.45) is 0. The van der Waals surface area contributed by atoms with E-state index in [0.29, 0.717) is 36.4 Å². The molecule has 0 amide bonds. The molecule has 3 rings (SSSR count). The van der Waals surface area contributed by atoms with Crippen LogP contribution < -0.4 is 11.3 Å². The highest BCUT2D eigenvalue weighted by atomic mass is 16.7. The van der Waals surface area contributed by atoms with Gasteiger partial charge in [0, 0.05) is 0 Å². The molecule has 0 spiro atoms. The SMILES string of the molecule is O=[N+]([O-])c1cc([N+](=O)[O-])c(O)c([N+](=O)[O-])c1.O=[N+]([O-])c1cc([N+](=O)[O-])c(O)c([N+](=O)[O-])c1.O=[N+]([O-])c1cc([N+](=O)[O-])c([O-])c([N+](=O)[O-])c1.[NH4+]. The van der Waals surface area contributed by atoms with Gasteiger partial charge in [-0.15, -0.1) is 0 Å². The van der Waals surface area contributed by atoms with E-state index >= 15 is 0 Å². The van der Waals surface area contributed by atoms with Crippen LogP contribution in [0.25, 0.3) is 0 Å². The van der Waals surface area contributed by atoms with E-state index in [1.54, 1.807) is 0 Å². The maximum Gasteiger partial charge on any atom is 0.324 e. The second-order valence-corrected chi connectivity index (χ2v) is 7.79. The molecule has 0 atom stereocenters. The molecule has 31 heteroatoms. The zero-order chi connectivity index (χ0) is 37.4. The van der Waals surface area contributed by atoms with Crippen molar-refractivity contribution in [3.05, 3.63) is 127 Å². The van der Waals surface area contributed by atoms with Crippen molar-refractivity contribution in [3.8, 4) is 17.2 Å². The number of nitro groups is 9. The smallest absolute Gasteiger partial charge is 0.324 e. The fourth-order valence-corrected chi connectivity index (χ4v) is 2.91. The normalized spacial score (nSPS) is 9.55. The number of benzene rings is 3. The van der Waals surface area contributed by atoms with Crippen LogP contribution in [0.15, 0.2) is 36.4 Å². The number of hydrogen-bond donors (Lipinski definition) is 3. The highest BCUT2D eigenvalue weighted by Gasteiger charge is 2.31. The fourth-order valence-electron chi connectivity index (χ4n) is 2.91. The van der Waals surface area contributed by atoms with Gasteiger partial charge < -0.3 is 21.5 Å². The van der Waals surface area contributed by atoms with Gasteiger partial charge in [-0.1, -0.05) is 0 Å². The summed E-state index contributed by atoms with van der Waals surface area (Å²) in [5.74, 6) is -3.87. The van der Waals surface area contributed by atoms with Gasteiger partial charge in [-0.3, -0.25) is 91.0 Å². The van der Waals surface area contributed by atoms with Crippen molar-refractivity contribution in [2.45, 2.75) is 0 Å². The molecule has 0 aliphatic heterocycles. The van der Waals surface area contributed by atoms with Crippen LogP contribution in [0, 0.1) is 91.0 Å². The summed E-state index contributed by atoms with van der Waals surface area (Å²) in [7, 11) is 0. The van der Waals surface area contributed by atoms with Crippen molar-refractivity contribution in [2.75, 3.05) is 0 Å². The Morgan fingerprint density at radius 2 is 0.510 bits per heavy atom. The molecule has 260 valence electrons. The van der Waals surface area contributed by atoms with Crippen LogP contribution in [-0.2, 0) is 0 Å². The number of aromatic hydroxyl groups is 2. The van der Waals surface area contributed by atoms with Gasteiger partial charge >= 0.3 is 22.7 Å². The molecular weight excluding hydrogens is 692 g/mol. The Morgan fingerprint density at radius 1 is 0.347 bits per heavy atom. The van der Waals surface area contributed by atoms with E-state index in [1.165, 1.54) is 0 Å². The van der Waals surface area contributed by atoms with E-state index in [-0.39, 0.29) is 6.15 Å². The summed E-state index contributed by atoms with van der Waals surface area (Å²) >= 11 is 0. The number of phenols is 2. The number of non-ortho nitro benzene ring substituents is 3. The maximum absolute atomic E-state index is 11.1. The zero-order valence-corrected chi connectivity index (χ0v) is 23.1. The maximum atomic E-state index is 11.1. The van der Waals surface area contributed by atoms with Gasteiger partial charge in [-0.05, 0) is 0 Å². The number of rotatable bonds is 9. The van der Waals surface area contributed by atoms with Crippen molar-refractivity contribution in [2.24, 2.45) is 0 Å². The van der Waals surface area contributed by atoms with Crippen LogP contribution in [0.1, 0.15) is 0 Å². The van der Waals surface area contributed by atoms with Gasteiger partial charge in [-0.25, -0.2) is 0 Å². The molecule has 0 unspecified atom stereocenters. The van der Waals surface area contributed by atoms with Gasteiger partial charge in [0.15, 0.2) is 0 Å². The molecule has 0 heterocycles. The summed E-state index contributed by atoms with van der Waals surface area (Å²) in [5, 5.41) is 123. The third-order valence-corrected chi connectivity index (χ3v) is 4.96. The fraction of sp³-hybridized carbons (Fsp3) is 0. The van der Waals surface area contributed by atoms with E-state index in [9.17, 15) is 96.1 Å². The third-order valence-electron chi connectivity index (χ3n) is 4.96. The monoisotopic (exact) mass is 704 g/mol. The van der Waals surface area contributed by atoms with E-state index in [0.717, 1.165) is 0 Å². The second-order valence-electron chi connectivity index (χ2n) is 7.79. The quantitative estimate of drug-likeness (QED) is 0.212. The van der Waals surface area contributed by atoms with Crippen molar-refractivity contribution < 1.29 is 59.6 Å². The first-order valence-electron chi connectivity index (χ1n) is 10.9. The van der Waals surface area contributed by atoms with E-state index in [4.69, 9.17) is 10.2 Å². The Bertz CT molecular complexity index is 1610. The van der Waals surface area contributed by atoms with Crippen LogP contribution in [0.3, 0.4) is 0 Å². The predicted octanol–water partition coefficient (Wildman–Crippen LogP) is 3.09. The topological polar surface area (TPSA) is 488 Å². The summed E-state index contributed by atoms with van der Waals surface area (Å²) < 4.78 is 0. The standard InChI is InChI=1S/3C6H3N3O7.H3N/c3*10-6-4(8(13)14)1-3(7(11)12)2-5(6)9(15)16;/h3*1-2,10H;1H3. The van der Waals surface area contributed by atoms with Crippen LogP contribution in [0.5, 0.6) is 17.2 Å². The number of nitrogens with zero attached hydrogens (tertiary/aromatic N) is 9. The Labute approximate surface area is 262 Å². The largest absolute Gasteiger partial charge is 0.863 e. The molecule has 0 radical (unpaired) electrons. The first-order chi connectivity index (χ1) is 22.0. The minimum absolute atomic E-state index is 0. The Balaban J connectivity index is 0.000000698. The highest BCUT2D eigenvalue weighted by molar-refractivity contribution is 5.66. The Kier molecular flexibility index (Phi) is 13.3. The summed E-state index contributed by atoms with van der Waals surface area (Å²) in [5.41, 5.74) is -9.27.